The van der Waals surface area contributed by atoms with Crippen molar-refractivity contribution in [1.82, 2.24) is 5.32 Å². The molecule has 0 spiro atoms. The summed E-state index contributed by atoms with van der Waals surface area (Å²) in [7, 11) is 0. The summed E-state index contributed by atoms with van der Waals surface area (Å²) in [6.45, 7) is 8.51. The van der Waals surface area contributed by atoms with Crippen LogP contribution in [0.4, 0.5) is 0 Å². The van der Waals surface area contributed by atoms with Crippen LogP contribution in [0.3, 0.4) is 0 Å². The standard InChI is InChI=1S/C38H73NO/c1-3-5-7-9-11-13-15-17-19-21-23-25-27-29-31-33-35-39-36-38-40-37-34-32-30-28-26-24-22-20-18-16-14-12-10-8-6-4-2/h11,13,17-20,39H,3-10,12,14-16,21-38H2,1-2H3/b13-11+,19-17+,20-18-. The summed E-state index contributed by atoms with van der Waals surface area (Å²) in [4.78, 5) is 0. The number of hydrogen-bond donors (Lipinski definition) is 1. The Morgan fingerprint density at radius 3 is 1.32 bits per heavy atom. The van der Waals surface area contributed by atoms with Crippen molar-refractivity contribution in [2.75, 3.05) is 26.3 Å². The zero-order valence-electron chi connectivity index (χ0n) is 27.6. The molecule has 0 unspecified atom stereocenters. The Balaban J connectivity index is 3.12. The molecule has 0 amide bonds. The highest BCUT2D eigenvalue weighted by Gasteiger charge is 1.94. The van der Waals surface area contributed by atoms with Crippen LogP contribution in [0.2, 0.25) is 0 Å². The van der Waals surface area contributed by atoms with Crippen molar-refractivity contribution in [2.24, 2.45) is 0 Å². The normalized spacial score (nSPS) is 12.2. The molecule has 0 aromatic heterocycles. The summed E-state index contributed by atoms with van der Waals surface area (Å²) in [6.07, 6.45) is 49.1. The van der Waals surface area contributed by atoms with Gasteiger partial charge in [-0.15, -0.1) is 0 Å². The molecular weight excluding hydrogens is 486 g/mol. The van der Waals surface area contributed by atoms with E-state index in [1.807, 2.05) is 0 Å². The van der Waals surface area contributed by atoms with Gasteiger partial charge in [0.2, 0.25) is 0 Å². The van der Waals surface area contributed by atoms with Gasteiger partial charge in [-0.3, -0.25) is 0 Å². The summed E-state index contributed by atoms with van der Waals surface area (Å²) in [5.74, 6) is 0. The molecule has 0 aliphatic heterocycles. The second-order valence-corrected chi connectivity index (χ2v) is 11.9. The molecule has 0 radical (unpaired) electrons. The maximum absolute atomic E-state index is 5.81. The zero-order valence-corrected chi connectivity index (χ0v) is 27.6. The molecule has 2 heteroatoms. The lowest BCUT2D eigenvalue weighted by Gasteiger charge is -2.06. The molecule has 0 saturated heterocycles. The Morgan fingerprint density at radius 2 is 0.775 bits per heavy atom. The Bertz CT molecular complexity index is 524. The van der Waals surface area contributed by atoms with Crippen LogP contribution in [-0.2, 0) is 4.74 Å². The summed E-state index contributed by atoms with van der Waals surface area (Å²) in [5, 5.41) is 3.55. The lowest BCUT2D eigenvalue weighted by Crippen LogP contribution is -2.21. The van der Waals surface area contributed by atoms with Crippen molar-refractivity contribution in [3.05, 3.63) is 36.5 Å². The van der Waals surface area contributed by atoms with Crippen molar-refractivity contribution in [1.29, 1.82) is 0 Å². The number of unbranched alkanes of at least 4 members (excludes halogenated alkanes) is 21. The van der Waals surface area contributed by atoms with Gasteiger partial charge >= 0.3 is 0 Å². The number of allylic oxidation sites excluding steroid dienone is 6. The van der Waals surface area contributed by atoms with Crippen LogP contribution in [0.1, 0.15) is 181 Å². The third-order valence-electron chi connectivity index (χ3n) is 7.78. The molecule has 0 aliphatic carbocycles. The Kier molecular flexibility index (Phi) is 37.3. The van der Waals surface area contributed by atoms with Crippen LogP contribution in [0.5, 0.6) is 0 Å². The van der Waals surface area contributed by atoms with Crippen molar-refractivity contribution in [3.8, 4) is 0 Å². The molecular formula is C38H73NO. The number of rotatable bonds is 34. The van der Waals surface area contributed by atoms with Gasteiger partial charge in [-0.05, 0) is 77.2 Å². The second-order valence-electron chi connectivity index (χ2n) is 11.9. The fraction of sp³-hybridized carbons (Fsp3) is 0.842. The first-order valence-electron chi connectivity index (χ1n) is 18.1. The molecule has 0 aliphatic rings. The molecule has 236 valence electrons. The lowest BCUT2D eigenvalue weighted by molar-refractivity contribution is 0.131. The minimum atomic E-state index is 0.868. The first kappa shape index (κ1) is 39.1. The van der Waals surface area contributed by atoms with Gasteiger partial charge in [-0.1, -0.05) is 147 Å². The SMILES string of the molecule is CCCCC/C=C/C/C=C/CCCCCCCCNCCOCCCCCCCC/C=C\CCCCCCCC. The highest BCUT2D eigenvalue weighted by atomic mass is 16.5. The molecule has 0 fully saturated rings. The second kappa shape index (κ2) is 38.1. The van der Waals surface area contributed by atoms with E-state index in [9.17, 15) is 0 Å². The first-order chi connectivity index (χ1) is 19.9. The van der Waals surface area contributed by atoms with Crippen molar-refractivity contribution in [3.63, 3.8) is 0 Å². The molecule has 0 rings (SSSR count). The molecule has 0 atom stereocenters. The van der Waals surface area contributed by atoms with E-state index in [4.69, 9.17) is 4.74 Å². The predicted molar refractivity (Wildman–Crippen MR) is 182 cm³/mol. The topological polar surface area (TPSA) is 21.3 Å². The zero-order chi connectivity index (χ0) is 28.9. The Morgan fingerprint density at radius 1 is 0.375 bits per heavy atom. The third-order valence-corrected chi connectivity index (χ3v) is 7.78. The van der Waals surface area contributed by atoms with E-state index in [-0.39, 0.29) is 0 Å². The van der Waals surface area contributed by atoms with Gasteiger partial charge in [0.15, 0.2) is 0 Å². The minimum absolute atomic E-state index is 0.868. The van der Waals surface area contributed by atoms with Crippen LogP contribution in [-0.4, -0.2) is 26.3 Å². The smallest absolute Gasteiger partial charge is 0.0590 e. The third kappa shape index (κ3) is 37.1. The van der Waals surface area contributed by atoms with Gasteiger partial charge in [0, 0.05) is 13.2 Å². The number of hydrogen-bond acceptors (Lipinski definition) is 2. The Hall–Kier alpha value is -0.860. The quantitative estimate of drug-likeness (QED) is 0.0625. The monoisotopic (exact) mass is 560 g/mol. The van der Waals surface area contributed by atoms with Crippen molar-refractivity contribution < 1.29 is 4.74 Å². The fourth-order valence-corrected chi connectivity index (χ4v) is 5.06. The van der Waals surface area contributed by atoms with Gasteiger partial charge in [-0.2, -0.15) is 0 Å². The van der Waals surface area contributed by atoms with Crippen LogP contribution in [0.15, 0.2) is 36.5 Å². The van der Waals surface area contributed by atoms with E-state index in [0.717, 1.165) is 32.7 Å². The van der Waals surface area contributed by atoms with E-state index < -0.39 is 0 Å². The van der Waals surface area contributed by atoms with Crippen molar-refractivity contribution >= 4 is 0 Å². The maximum atomic E-state index is 5.81. The van der Waals surface area contributed by atoms with Crippen LogP contribution in [0.25, 0.3) is 0 Å². The van der Waals surface area contributed by atoms with Crippen LogP contribution in [0, 0.1) is 0 Å². The van der Waals surface area contributed by atoms with Gasteiger partial charge in [0.1, 0.15) is 0 Å². The maximum Gasteiger partial charge on any atom is 0.0590 e. The summed E-state index contributed by atoms with van der Waals surface area (Å²) >= 11 is 0. The predicted octanol–water partition coefficient (Wildman–Crippen LogP) is 12.4. The van der Waals surface area contributed by atoms with E-state index in [2.05, 4.69) is 55.6 Å². The fourth-order valence-electron chi connectivity index (χ4n) is 5.06. The van der Waals surface area contributed by atoms with E-state index in [0.29, 0.717) is 0 Å². The molecule has 0 aromatic carbocycles. The Labute approximate surface area is 253 Å². The molecule has 0 bridgehead atoms. The van der Waals surface area contributed by atoms with Crippen LogP contribution < -0.4 is 5.32 Å². The number of ether oxygens (including phenoxy) is 1. The van der Waals surface area contributed by atoms with E-state index in [1.165, 1.54) is 161 Å². The average molecular weight is 560 g/mol. The summed E-state index contributed by atoms with van der Waals surface area (Å²) in [6, 6.07) is 0. The highest BCUT2D eigenvalue weighted by molar-refractivity contribution is 4.92. The average Bonchev–Trinajstić information content (AvgIpc) is 2.97. The molecule has 40 heavy (non-hydrogen) atoms. The van der Waals surface area contributed by atoms with E-state index in [1.54, 1.807) is 0 Å². The van der Waals surface area contributed by atoms with Crippen molar-refractivity contribution in [2.45, 2.75) is 181 Å². The molecule has 0 aromatic rings. The molecule has 2 nitrogen and oxygen atoms in total. The largest absolute Gasteiger partial charge is 0.380 e. The molecule has 0 saturated carbocycles. The van der Waals surface area contributed by atoms with E-state index >= 15 is 0 Å². The van der Waals surface area contributed by atoms with Gasteiger partial charge in [0.05, 0.1) is 6.61 Å². The highest BCUT2D eigenvalue weighted by Crippen LogP contribution is 2.10. The molecule has 0 heterocycles. The van der Waals surface area contributed by atoms with Gasteiger partial charge < -0.3 is 10.1 Å². The summed E-state index contributed by atoms with van der Waals surface area (Å²) < 4.78 is 5.81. The summed E-state index contributed by atoms with van der Waals surface area (Å²) in [5.41, 5.74) is 0. The van der Waals surface area contributed by atoms with Gasteiger partial charge in [-0.25, -0.2) is 0 Å². The number of nitrogens with one attached hydrogen (secondary N) is 1. The van der Waals surface area contributed by atoms with Crippen LogP contribution >= 0.6 is 0 Å². The van der Waals surface area contributed by atoms with Gasteiger partial charge in [0.25, 0.3) is 0 Å². The lowest BCUT2D eigenvalue weighted by atomic mass is 10.1. The first-order valence-corrected chi connectivity index (χ1v) is 18.1. The molecule has 1 N–H and O–H groups in total. The minimum Gasteiger partial charge on any atom is -0.380 e.